The van der Waals surface area contributed by atoms with Crippen molar-refractivity contribution in [2.45, 2.75) is 58.5 Å². The molecular weight excluding hydrogens is 557 g/mol. The molecule has 1 heterocycles. The molecule has 4 aromatic rings. The number of anilines is 3. The second-order valence-corrected chi connectivity index (χ2v) is 12.7. The SMILES string of the molecule is CC(C)(C)c1ccc(N(c2ccc(C#Cc3ccc(C(=N)C=C(N)C(F)(F)F)nc3)cc2)c2ccc(C(C)(C)C)cc2)cc1. The van der Waals surface area contributed by atoms with Crippen molar-refractivity contribution in [2.24, 2.45) is 5.73 Å². The fraction of sp³-hybridized carbons (Fsp3) is 0.243. The Balaban J connectivity index is 1.60. The molecule has 3 aromatic carbocycles. The van der Waals surface area contributed by atoms with E-state index in [2.05, 4.69) is 112 Å². The zero-order chi connectivity index (χ0) is 32.3. The number of halogens is 3. The Bertz CT molecular complexity index is 1630. The second-order valence-electron chi connectivity index (χ2n) is 12.7. The summed E-state index contributed by atoms with van der Waals surface area (Å²) in [5, 5.41) is 7.84. The van der Waals surface area contributed by atoms with Gasteiger partial charge in [-0.1, -0.05) is 77.6 Å². The lowest BCUT2D eigenvalue weighted by atomic mass is 9.86. The average Bonchev–Trinajstić information content (AvgIpc) is 2.96. The average molecular weight is 595 g/mol. The van der Waals surface area contributed by atoms with Gasteiger partial charge in [0.15, 0.2) is 0 Å². The van der Waals surface area contributed by atoms with Crippen molar-refractivity contribution >= 4 is 22.8 Å². The molecule has 0 fully saturated rings. The summed E-state index contributed by atoms with van der Waals surface area (Å²) < 4.78 is 38.0. The lowest BCUT2D eigenvalue weighted by molar-refractivity contribution is -0.0925. The van der Waals surface area contributed by atoms with Crippen molar-refractivity contribution in [1.29, 1.82) is 5.41 Å². The number of hydrogen-bond donors (Lipinski definition) is 2. The number of hydrogen-bond acceptors (Lipinski definition) is 4. The maximum absolute atomic E-state index is 12.7. The first-order chi connectivity index (χ1) is 20.5. The van der Waals surface area contributed by atoms with Gasteiger partial charge < -0.3 is 10.6 Å². The van der Waals surface area contributed by atoms with Gasteiger partial charge in [0.2, 0.25) is 0 Å². The van der Waals surface area contributed by atoms with Crippen LogP contribution in [0.2, 0.25) is 0 Å². The lowest BCUT2D eigenvalue weighted by Crippen LogP contribution is -2.20. The van der Waals surface area contributed by atoms with Gasteiger partial charge in [-0.25, -0.2) is 0 Å². The van der Waals surface area contributed by atoms with E-state index in [4.69, 9.17) is 11.1 Å². The van der Waals surface area contributed by atoms with Crippen LogP contribution in [0, 0.1) is 17.3 Å². The van der Waals surface area contributed by atoms with Crippen LogP contribution in [0.1, 0.15) is 69.5 Å². The van der Waals surface area contributed by atoms with Crippen molar-refractivity contribution in [3.63, 3.8) is 0 Å². The third-order valence-corrected chi connectivity index (χ3v) is 7.13. The predicted molar refractivity (Wildman–Crippen MR) is 174 cm³/mol. The molecule has 4 rings (SSSR count). The largest absolute Gasteiger partial charge is 0.430 e. The highest BCUT2D eigenvalue weighted by atomic mass is 19.4. The van der Waals surface area contributed by atoms with Crippen molar-refractivity contribution in [1.82, 2.24) is 4.98 Å². The third kappa shape index (κ3) is 7.96. The monoisotopic (exact) mass is 594 g/mol. The first kappa shape index (κ1) is 32.1. The van der Waals surface area contributed by atoms with Crippen LogP contribution >= 0.6 is 0 Å². The smallest absolute Gasteiger partial charge is 0.395 e. The number of alkyl halides is 3. The van der Waals surface area contributed by atoms with Crippen LogP contribution in [0.15, 0.2) is 103 Å². The fourth-order valence-corrected chi connectivity index (χ4v) is 4.44. The maximum Gasteiger partial charge on any atom is 0.430 e. The number of allylic oxidation sites excluding steroid dienone is 2. The number of benzene rings is 3. The zero-order valence-electron chi connectivity index (χ0n) is 25.8. The summed E-state index contributed by atoms with van der Waals surface area (Å²) in [5.74, 6) is 6.14. The summed E-state index contributed by atoms with van der Waals surface area (Å²) in [6.07, 6.45) is -2.72. The molecule has 0 aliphatic carbocycles. The Morgan fingerprint density at radius 2 is 1.09 bits per heavy atom. The molecular formula is C37H37F3N4. The molecule has 44 heavy (non-hydrogen) atoms. The van der Waals surface area contributed by atoms with E-state index in [9.17, 15) is 13.2 Å². The summed E-state index contributed by atoms with van der Waals surface area (Å²) in [4.78, 5) is 6.29. The molecule has 0 aliphatic rings. The summed E-state index contributed by atoms with van der Waals surface area (Å²) in [7, 11) is 0. The lowest BCUT2D eigenvalue weighted by Gasteiger charge is -2.28. The molecule has 0 amide bonds. The van der Waals surface area contributed by atoms with Crippen LogP contribution in [0.25, 0.3) is 0 Å². The van der Waals surface area contributed by atoms with E-state index in [1.165, 1.54) is 23.4 Å². The minimum Gasteiger partial charge on any atom is -0.395 e. The Morgan fingerprint density at radius 3 is 1.48 bits per heavy atom. The van der Waals surface area contributed by atoms with E-state index in [1.54, 1.807) is 6.07 Å². The number of aromatic nitrogens is 1. The van der Waals surface area contributed by atoms with Gasteiger partial charge in [-0.05, 0) is 88.7 Å². The highest BCUT2D eigenvalue weighted by molar-refractivity contribution is 6.05. The number of nitrogens with two attached hydrogens (primary N) is 1. The van der Waals surface area contributed by atoms with E-state index in [-0.39, 0.29) is 16.5 Å². The van der Waals surface area contributed by atoms with E-state index in [1.807, 2.05) is 24.3 Å². The van der Waals surface area contributed by atoms with E-state index >= 15 is 0 Å². The minimum absolute atomic E-state index is 0.0494. The zero-order valence-corrected chi connectivity index (χ0v) is 25.8. The Morgan fingerprint density at radius 1 is 0.682 bits per heavy atom. The molecule has 0 saturated heterocycles. The van der Waals surface area contributed by atoms with Crippen LogP contribution in [0.4, 0.5) is 30.2 Å². The molecule has 7 heteroatoms. The molecule has 1 aromatic heterocycles. The highest BCUT2D eigenvalue weighted by Crippen LogP contribution is 2.37. The summed E-state index contributed by atoms with van der Waals surface area (Å²) >= 11 is 0. The van der Waals surface area contributed by atoms with Crippen LogP contribution in [-0.2, 0) is 10.8 Å². The molecule has 0 atom stereocenters. The standard InChI is InChI=1S/C37H37F3N4/c1-35(2,3)27-12-18-30(19-13-27)44(31-20-14-28(15-21-31)36(4,5)6)29-16-9-25(10-17-29)7-8-26-11-22-33(43-24-26)32(41)23-34(42)37(38,39)40/h9-24,41H,42H2,1-6H3. The number of nitrogens with zero attached hydrogens (tertiary/aromatic N) is 2. The van der Waals surface area contributed by atoms with Crippen molar-refractivity contribution < 1.29 is 13.2 Å². The highest BCUT2D eigenvalue weighted by Gasteiger charge is 2.31. The van der Waals surface area contributed by atoms with Gasteiger partial charge in [0.25, 0.3) is 0 Å². The molecule has 0 radical (unpaired) electrons. The summed E-state index contributed by atoms with van der Waals surface area (Å²) in [5.41, 5.74) is 10.4. The first-order valence-corrected chi connectivity index (χ1v) is 14.2. The second kappa shape index (κ2) is 12.4. The molecule has 0 aliphatic heterocycles. The molecule has 0 spiro atoms. The van der Waals surface area contributed by atoms with Crippen molar-refractivity contribution in [3.8, 4) is 11.8 Å². The van der Waals surface area contributed by atoms with E-state index in [0.717, 1.165) is 22.6 Å². The Hall–Kier alpha value is -4.83. The van der Waals surface area contributed by atoms with Crippen LogP contribution < -0.4 is 10.6 Å². The van der Waals surface area contributed by atoms with Crippen molar-refractivity contribution in [2.75, 3.05) is 4.90 Å². The molecule has 0 unspecified atom stereocenters. The van der Waals surface area contributed by atoms with Crippen LogP contribution in [0.5, 0.6) is 0 Å². The number of rotatable bonds is 5. The van der Waals surface area contributed by atoms with Crippen molar-refractivity contribution in [3.05, 3.63) is 131 Å². The van der Waals surface area contributed by atoms with Crippen LogP contribution in [-0.4, -0.2) is 16.9 Å². The maximum atomic E-state index is 12.7. The molecule has 3 N–H and O–H groups in total. The normalized spacial score (nSPS) is 12.3. The van der Waals surface area contributed by atoms with Crippen LogP contribution in [0.3, 0.4) is 0 Å². The number of nitrogens with one attached hydrogen (secondary N) is 1. The first-order valence-electron chi connectivity index (χ1n) is 14.2. The van der Waals surface area contributed by atoms with Gasteiger partial charge >= 0.3 is 6.18 Å². The topological polar surface area (TPSA) is 66.0 Å². The summed E-state index contributed by atoms with van der Waals surface area (Å²) in [6.45, 7) is 13.2. The van der Waals surface area contributed by atoms with Gasteiger partial charge in [0.05, 0.1) is 11.4 Å². The van der Waals surface area contributed by atoms with Gasteiger partial charge in [-0.3, -0.25) is 10.4 Å². The van der Waals surface area contributed by atoms with E-state index < -0.39 is 17.6 Å². The number of pyridine rings is 1. The molecule has 0 bridgehead atoms. The molecule has 0 saturated carbocycles. The molecule has 226 valence electrons. The minimum atomic E-state index is -4.70. The van der Waals surface area contributed by atoms with E-state index in [0.29, 0.717) is 11.6 Å². The van der Waals surface area contributed by atoms with Gasteiger partial charge in [-0.15, -0.1) is 0 Å². The molecule has 4 nitrogen and oxygen atoms in total. The Labute approximate surface area is 258 Å². The predicted octanol–water partition coefficient (Wildman–Crippen LogP) is 9.32. The van der Waals surface area contributed by atoms with Gasteiger partial charge in [-0.2, -0.15) is 13.2 Å². The summed E-state index contributed by atoms with van der Waals surface area (Å²) in [6, 6.07) is 28.3. The fourth-order valence-electron chi connectivity index (χ4n) is 4.44. The van der Waals surface area contributed by atoms with Gasteiger partial charge in [0.1, 0.15) is 5.70 Å². The Kier molecular flexibility index (Phi) is 9.06. The quantitative estimate of drug-likeness (QED) is 0.179. The van der Waals surface area contributed by atoms with Gasteiger partial charge in [0, 0.05) is 34.4 Å². The third-order valence-electron chi connectivity index (χ3n) is 7.13.